The summed E-state index contributed by atoms with van der Waals surface area (Å²) >= 11 is 0. The Kier molecular flexibility index (Phi) is 6.25. The van der Waals surface area contributed by atoms with Crippen molar-refractivity contribution in [2.45, 2.75) is 59.5 Å². The van der Waals surface area contributed by atoms with Crippen molar-refractivity contribution in [2.75, 3.05) is 0 Å². The van der Waals surface area contributed by atoms with E-state index in [0.29, 0.717) is 5.57 Å². The third kappa shape index (κ3) is 7.14. The highest BCUT2D eigenvalue weighted by Gasteiger charge is 2.17. The van der Waals surface area contributed by atoms with Crippen LogP contribution in [0.3, 0.4) is 0 Å². The van der Waals surface area contributed by atoms with Gasteiger partial charge < -0.3 is 0 Å². The van der Waals surface area contributed by atoms with E-state index in [1.807, 2.05) is 40.7 Å². The van der Waals surface area contributed by atoms with E-state index in [-0.39, 0.29) is 5.97 Å². The molecule has 0 unspecified atom stereocenters. The first-order valence-corrected chi connectivity index (χ1v) is 5.49. The van der Waals surface area contributed by atoms with Gasteiger partial charge in [0.15, 0.2) is 0 Å². The molecule has 0 amide bonds. The molecule has 3 heteroatoms. The molecule has 0 aliphatic rings. The lowest BCUT2D eigenvalue weighted by Gasteiger charge is -2.17. The number of carbonyl (C=O) groups is 1. The Morgan fingerprint density at radius 3 is 2.27 bits per heavy atom. The van der Waals surface area contributed by atoms with Gasteiger partial charge in [-0.2, -0.15) is 4.89 Å². The lowest BCUT2D eigenvalue weighted by Crippen LogP contribution is -2.22. The second-order valence-corrected chi connectivity index (χ2v) is 4.45. The van der Waals surface area contributed by atoms with Crippen molar-refractivity contribution in [3.8, 4) is 0 Å². The number of allylic oxidation sites excluding steroid dienone is 1. The number of hydrogen-bond donors (Lipinski definition) is 0. The molecule has 0 aromatic carbocycles. The first-order chi connectivity index (χ1) is 6.90. The third-order valence-electron chi connectivity index (χ3n) is 1.60. The first-order valence-electron chi connectivity index (χ1n) is 5.49. The van der Waals surface area contributed by atoms with Gasteiger partial charge in [-0.1, -0.05) is 26.3 Å². The second kappa shape index (κ2) is 6.62. The van der Waals surface area contributed by atoms with Crippen molar-refractivity contribution in [3.05, 3.63) is 11.6 Å². The van der Waals surface area contributed by atoms with Crippen LogP contribution in [-0.2, 0) is 14.6 Å². The van der Waals surface area contributed by atoms with Gasteiger partial charge in [0.25, 0.3) is 0 Å². The van der Waals surface area contributed by atoms with Gasteiger partial charge in [-0.3, -0.25) is 4.89 Å². The molecule has 0 spiro atoms. The van der Waals surface area contributed by atoms with Crippen molar-refractivity contribution < 1.29 is 14.6 Å². The molecule has 0 atom stereocenters. The van der Waals surface area contributed by atoms with Crippen molar-refractivity contribution >= 4 is 5.97 Å². The molecule has 0 rings (SSSR count). The van der Waals surface area contributed by atoms with Crippen LogP contribution in [0.2, 0.25) is 0 Å². The van der Waals surface area contributed by atoms with Crippen LogP contribution in [0.4, 0.5) is 0 Å². The van der Waals surface area contributed by atoms with Crippen LogP contribution < -0.4 is 0 Å². The van der Waals surface area contributed by atoms with E-state index in [1.165, 1.54) is 0 Å². The standard InChI is InChI=1S/C12H22O3/c1-6-8-10(9-7-2)11(13)14-15-12(3,4)5/h8H,6-7,9H2,1-5H3/b10-8+. The van der Waals surface area contributed by atoms with Gasteiger partial charge in [-0.15, -0.1) is 0 Å². The van der Waals surface area contributed by atoms with Crippen molar-refractivity contribution in [3.63, 3.8) is 0 Å². The highest BCUT2D eigenvalue weighted by Crippen LogP contribution is 2.12. The van der Waals surface area contributed by atoms with Gasteiger partial charge in [-0.05, 0) is 33.6 Å². The van der Waals surface area contributed by atoms with E-state index in [0.717, 1.165) is 19.3 Å². The van der Waals surface area contributed by atoms with Crippen molar-refractivity contribution in [2.24, 2.45) is 0 Å². The van der Waals surface area contributed by atoms with Gasteiger partial charge in [0.05, 0.1) is 0 Å². The average Bonchev–Trinajstić information content (AvgIpc) is 2.13. The lowest BCUT2D eigenvalue weighted by molar-refractivity contribution is -0.317. The van der Waals surface area contributed by atoms with Gasteiger partial charge in [-0.25, -0.2) is 4.79 Å². The maximum Gasteiger partial charge on any atom is 0.368 e. The molecule has 0 heterocycles. The maximum atomic E-state index is 11.6. The molecule has 0 fully saturated rings. The Morgan fingerprint density at radius 1 is 1.27 bits per heavy atom. The first kappa shape index (κ1) is 14.2. The monoisotopic (exact) mass is 214 g/mol. The number of carbonyl (C=O) groups excluding carboxylic acids is 1. The molecule has 0 N–H and O–H groups in total. The summed E-state index contributed by atoms with van der Waals surface area (Å²) in [6.45, 7) is 9.53. The summed E-state index contributed by atoms with van der Waals surface area (Å²) in [6.07, 6.45) is 4.38. The molecule has 0 aromatic heterocycles. The summed E-state index contributed by atoms with van der Waals surface area (Å²) in [7, 11) is 0. The van der Waals surface area contributed by atoms with E-state index in [4.69, 9.17) is 9.78 Å². The molecule has 88 valence electrons. The fourth-order valence-electron chi connectivity index (χ4n) is 1.02. The minimum Gasteiger partial charge on any atom is -0.293 e. The van der Waals surface area contributed by atoms with E-state index >= 15 is 0 Å². The van der Waals surface area contributed by atoms with Crippen LogP contribution >= 0.6 is 0 Å². The van der Waals surface area contributed by atoms with Crippen LogP contribution in [0.25, 0.3) is 0 Å². The Labute approximate surface area is 92.4 Å². The largest absolute Gasteiger partial charge is 0.368 e. The van der Waals surface area contributed by atoms with Gasteiger partial charge in [0, 0.05) is 5.57 Å². The van der Waals surface area contributed by atoms with Crippen molar-refractivity contribution in [1.82, 2.24) is 0 Å². The molecule has 0 aliphatic heterocycles. The van der Waals surface area contributed by atoms with Gasteiger partial charge in [0.1, 0.15) is 5.60 Å². The molecule has 0 saturated carbocycles. The minimum atomic E-state index is -0.459. The Hall–Kier alpha value is -0.830. The van der Waals surface area contributed by atoms with Crippen LogP contribution in [0.15, 0.2) is 11.6 Å². The molecular weight excluding hydrogens is 192 g/mol. The topological polar surface area (TPSA) is 35.5 Å². The smallest absolute Gasteiger partial charge is 0.293 e. The second-order valence-electron chi connectivity index (χ2n) is 4.45. The van der Waals surface area contributed by atoms with Crippen molar-refractivity contribution in [1.29, 1.82) is 0 Å². The summed E-state index contributed by atoms with van der Waals surface area (Å²) in [5.74, 6) is -0.367. The maximum absolute atomic E-state index is 11.6. The molecule has 3 nitrogen and oxygen atoms in total. The van der Waals surface area contributed by atoms with Crippen LogP contribution in [0.5, 0.6) is 0 Å². The third-order valence-corrected chi connectivity index (χ3v) is 1.60. The molecule has 0 saturated heterocycles. The fourth-order valence-corrected chi connectivity index (χ4v) is 1.02. The Bertz CT molecular complexity index is 224. The highest BCUT2D eigenvalue weighted by molar-refractivity contribution is 5.87. The van der Waals surface area contributed by atoms with E-state index in [2.05, 4.69) is 0 Å². The predicted octanol–water partition coefficient (Wildman–Crippen LogP) is 3.40. The SMILES string of the molecule is CC/C=C(\CCC)C(=O)OOC(C)(C)C. The minimum absolute atomic E-state index is 0.367. The average molecular weight is 214 g/mol. The van der Waals surface area contributed by atoms with Gasteiger partial charge in [0.2, 0.25) is 0 Å². The summed E-state index contributed by atoms with van der Waals surface area (Å²) in [5.41, 5.74) is 0.239. The van der Waals surface area contributed by atoms with E-state index < -0.39 is 5.60 Å². The Balaban J connectivity index is 4.21. The lowest BCUT2D eigenvalue weighted by atomic mass is 10.1. The zero-order valence-corrected chi connectivity index (χ0v) is 10.4. The summed E-state index contributed by atoms with van der Waals surface area (Å²) in [4.78, 5) is 21.3. The summed E-state index contributed by atoms with van der Waals surface area (Å²) in [6, 6.07) is 0. The summed E-state index contributed by atoms with van der Waals surface area (Å²) in [5, 5.41) is 0. The Morgan fingerprint density at radius 2 is 1.87 bits per heavy atom. The number of rotatable bonds is 5. The molecular formula is C12H22O3. The molecule has 0 aromatic rings. The normalized spacial score (nSPS) is 12.7. The number of hydrogen-bond acceptors (Lipinski definition) is 3. The van der Waals surface area contributed by atoms with Crippen LogP contribution in [0, 0.1) is 0 Å². The molecule has 15 heavy (non-hydrogen) atoms. The van der Waals surface area contributed by atoms with E-state index in [9.17, 15) is 4.79 Å². The van der Waals surface area contributed by atoms with E-state index in [1.54, 1.807) is 0 Å². The quantitative estimate of drug-likeness (QED) is 0.400. The zero-order chi connectivity index (χ0) is 11.9. The summed E-state index contributed by atoms with van der Waals surface area (Å²) < 4.78 is 0. The fraction of sp³-hybridized carbons (Fsp3) is 0.750. The molecule has 0 radical (unpaired) electrons. The van der Waals surface area contributed by atoms with Gasteiger partial charge >= 0.3 is 5.97 Å². The highest BCUT2D eigenvalue weighted by atomic mass is 17.2. The molecule has 0 aliphatic carbocycles. The predicted molar refractivity (Wildman–Crippen MR) is 60.2 cm³/mol. The van der Waals surface area contributed by atoms with Crippen LogP contribution in [0.1, 0.15) is 53.9 Å². The zero-order valence-electron chi connectivity index (χ0n) is 10.4. The molecule has 0 bridgehead atoms. The van der Waals surface area contributed by atoms with Crippen LogP contribution in [-0.4, -0.2) is 11.6 Å².